The molecule has 1 aliphatic heterocycles. The summed E-state index contributed by atoms with van der Waals surface area (Å²) in [6, 6.07) is 6.16. The summed E-state index contributed by atoms with van der Waals surface area (Å²) in [5, 5.41) is 13.9. The van der Waals surface area contributed by atoms with Crippen molar-refractivity contribution in [3.8, 4) is 5.75 Å². The van der Waals surface area contributed by atoms with Crippen molar-refractivity contribution in [2.45, 2.75) is 32.6 Å². The molecule has 0 unspecified atom stereocenters. The Morgan fingerprint density at radius 3 is 2.92 bits per heavy atom. The summed E-state index contributed by atoms with van der Waals surface area (Å²) in [7, 11) is 1.92. The number of aliphatic hydroxyl groups is 1. The molecule has 0 bridgehead atoms. The second-order valence-electron chi connectivity index (χ2n) is 6.44. The number of ether oxygens (including phenoxy) is 1. The largest absolute Gasteiger partial charge is 0.487 e. The van der Waals surface area contributed by atoms with Crippen LogP contribution in [-0.4, -0.2) is 45.5 Å². The molecule has 0 saturated carbocycles. The van der Waals surface area contributed by atoms with Gasteiger partial charge in [-0.3, -0.25) is 9.58 Å². The molecule has 0 amide bonds. The summed E-state index contributed by atoms with van der Waals surface area (Å²) in [6.07, 6.45) is 2.30. The van der Waals surface area contributed by atoms with Crippen LogP contribution in [-0.2, 0) is 26.6 Å². The number of fused-ring (bicyclic) bond motifs is 1. The highest BCUT2D eigenvalue weighted by Gasteiger charge is 2.21. The zero-order chi connectivity index (χ0) is 17.1. The summed E-state index contributed by atoms with van der Waals surface area (Å²) in [5.74, 6) is 0.936. The minimum Gasteiger partial charge on any atom is -0.487 e. The smallest absolute Gasteiger partial charge is 0.130 e. The predicted octanol–water partition coefficient (Wildman–Crippen LogP) is 0.985. The van der Waals surface area contributed by atoms with Gasteiger partial charge in [0.2, 0.25) is 0 Å². The first-order chi connectivity index (χ1) is 11.6. The molecule has 2 heterocycles. The molecule has 130 valence electrons. The van der Waals surface area contributed by atoms with E-state index < -0.39 is 6.10 Å². The molecule has 0 saturated heterocycles. The van der Waals surface area contributed by atoms with Crippen LogP contribution in [0, 0.1) is 6.92 Å². The Labute approximate surface area is 142 Å². The first-order valence-electron chi connectivity index (χ1n) is 8.40. The van der Waals surface area contributed by atoms with Crippen molar-refractivity contribution in [3.05, 3.63) is 46.8 Å². The van der Waals surface area contributed by atoms with Crippen molar-refractivity contribution in [2.24, 2.45) is 12.8 Å². The lowest BCUT2D eigenvalue weighted by Gasteiger charge is -2.31. The quantitative estimate of drug-likeness (QED) is 0.826. The van der Waals surface area contributed by atoms with E-state index in [-0.39, 0.29) is 0 Å². The summed E-state index contributed by atoms with van der Waals surface area (Å²) in [4.78, 5) is 2.26. The fraction of sp³-hybridized carbons (Fsp3) is 0.500. The van der Waals surface area contributed by atoms with Crippen molar-refractivity contribution in [3.63, 3.8) is 0 Å². The first-order valence-corrected chi connectivity index (χ1v) is 8.40. The van der Waals surface area contributed by atoms with Crippen LogP contribution in [0.25, 0.3) is 0 Å². The number of hydrogen-bond acceptors (Lipinski definition) is 5. The maximum absolute atomic E-state index is 9.75. The van der Waals surface area contributed by atoms with Crippen molar-refractivity contribution < 1.29 is 9.84 Å². The van der Waals surface area contributed by atoms with E-state index in [1.807, 2.05) is 23.9 Å². The molecule has 2 aromatic rings. The molecular formula is C18H26N4O2. The van der Waals surface area contributed by atoms with Gasteiger partial charge in [-0.2, -0.15) is 5.10 Å². The number of β-amino-alcohol motifs (C(OH)–C–C–N with tert-alkyl or cyclic N) is 1. The highest BCUT2D eigenvalue weighted by atomic mass is 16.5. The molecule has 24 heavy (non-hydrogen) atoms. The molecule has 1 atom stereocenters. The highest BCUT2D eigenvalue weighted by Crippen LogP contribution is 2.29. The molecular weight excluding hydrogens is 304 g/mol. The van der Waals surface area contributed by atoms with Crippen molar-refractivity contribution in [2.75, 3.05) is 19.6 Å². The Morgan fingerprint density at radius 1 is 1.38 bits per heavy atom. The van der Waals surface area contributed by atoms with Gasteiger partial charge in [0, 0.05) is 39.4 Å². The Kier molecular flexibility index (Phi) is 5.18. The number of benzene rings is 1. The van der Waals surface area contributed by atoms with Gasteiger partial charge in [0.15, 0.2) is 0 Å². The summed E-state index contributed by atoms with van der Waals surface area (Å²) in [6.45, 7) is 5.38. The van der Waals surface area contributed by atoms with E-state index in [9.17, 15) is 5.11 Å². The first kappa shape index (κ1) is 17.0. The number of rotatable bonds is 6. The van der Waals surface area contributed by atoms with E-state index in [2.05, 4.69) is 23.0 Å². The zero-order valence-corrected chi connectivity index (χ0v) is 14.4. The van der Waals surface area contributed by atoms with Crippen LogP contribution >= 0.6 is 0 Å². The van der Waals surface area contributed by atoms with Crippen LogP contribution in [0.5, 0.6) is 5.75 Å². The molecule has 0 radical (unpaired) electrons. The van der Waals surface area contributed by atoms with E-state index in [0.29, 0.717) is 19.7 Å². The van der Waals surface area contributed by atoms with E-state index in [0.717, 1.165) is 31.0 Å². The van der Waals surface area contributed by atoms with E-state index in [4.69, 9.17) is 10.5 Å². The number of aliphatic hydroxyl groups excluding tert-OH is 1. The van der Waals surface area contributed by atoms with E-state index in [1.54, 1.807) is 6.20 Å². The van der Waals surface area contributed by atoms with Gasteiger partial charge in [0.25, 0.3) is 0 Å². The average molecular weight is 330 g/mol. The Bertz CT molecular complexity index is 698. The monoisotopic (exact) mass is 330 g/mol. The molecule has 3 N–H and O–H groups in total. The zero-order valence-electron chi connectivity index (χ0n) is 14.4. The van der Waals surface area contributed by atoms with E-state index >= 15 is 0 Å². The van der Waals surface area contributed by atoms with Crippen molar-refractivity contribution in [1.82, 2.24) is 14.7 Å². The van der Waals surface area contributed by atoms with Gasteiger partial charge in [0.1, 0.15) is 12.4 Å². The number of hydrogen-bond donors (Lipinski definition) is 2. The fourth-order valence-corrected chi connectivity index (χ4v) is 3.26. The van der Waals surface area contributed by atoms with Crippen molar-refractivity contribution in [1.29, 1.82) is 0 Å². The highest BCUT2D eigenvalue weighted by molar-refractivity contribution is 5.45. The Hall–Kier alpha value is -1.89. The Morgan fingerprint density at radius 2 is 2.21 bits per heavy atom. The van der Waals surface area contributed by atoms with Crippen LogP contribution in [0.15, 0.2) is 24.4 Å². The number of nitrogens with zero attached hydrogens (tertiary/aromatic N) is 3. The lowest BCUT2D eigenvalue weighted by molar-refractivity contribution is 0.111. The molecule has 3 rings (SSSR count). The average Bonchev–Trinajstić information content (AvgIpc) is 2.99. The minimum absolute atomic E-state index is 0.309. The molecule has 1 aromatic carbocycles. The Balaban J connectivity index is 1.69. The molecule has 0 aliphatic carbocycles. The molecule has 1 aliphatic rings. The third-order valence-corrected chi connectivity index (χ3v) is 4.76. The SMILES string of the molecule is Cc1c(OCc2ccnn2C)ccc2c1CCN(C[C@@H](O)CN)C2. The minimum atomic E-state index is -0.450. The third kappa shape index (κ3) is 3.61. The molecule has 0 fully saturated rings. The van der Waals surface area contributed by atoms with Gasteiger partial charge < -0.3 is 15.6 Å². The van der Waals surface area contributed by atoms with Crippen LogP contribution in [0.3, 0.4) is 0 Å². The van der Waals surface area contributed by atoms with Crippen LogP contribution in [0.4, 0.5) is 0 Å². The second-order valence-corrected chi connectivity index (χ2v) is 6.44. The summed E-state index contributed by atoms with van der Waals surface area (Å²) < 4.78 is 7.83. The summed E-state index contributed by atoms with van der Waals surface area (Å²) >= 11 is 0. The lowest BCUT2D eigenvalue weighted by Crippen LogP contribution is -2.39. The van der Waals surface area contributed by atoms with Crippen molar-refractivity contribution >= 4 is 0 Å². The third-order valence-electron chi connectivity index (χ3n) is 4.76. The normalized spacial score (nSPS) is 16.0. The predicted molar refractivity (Wildman–Crippen MR) is 92.8 cm³/mol. The van der Waals surface area contributed by atoms with Gasteiger partial charge in [-0.25, -0.2) is 0 Å². The van der Waals surface area contributed by atoms with E-state index in [1.165, 1.54) is 16.7 Å². The van der Waals surface area contributed by atoms with Gasteiger partial charge >= 0.3 is 0 Å². The number of aromatic nitrogens is 2. The standard InChI is InChI=1S/C18H26N4O2/c1-13-17-6-8-22(11-16(23)9-19)10-14(17)3-4-18(13)24-12-15-5-7-20-21(15)2/h3-5,7,16,23H,6,8-12,19H2,1-2H3/t16-/m0/s1. The maximum atomic E-state index is 9.75. The van der Waals surface area contributed by atoms with Gasteiger partial charge in [-0.15, -0.1) is 0 Å². The van der Waals surface area contributed by atoms with Crippen LogP contribution in [0.1, 0.15) is 22.4 Å². The number of aryl methyl sites for hydroxylation is 1. The molecule has 1 aromatic heterocycles. The van der Waals surface area contributed by atoms with Crippen LogP contribution in [0.2, 0.25) is 0 Å². The second kappa shape index (κ2) is 7.34. The number of nitrogens with two attached hydrogens (primary N) is 1. The molecule has 0 spiro atoms. The molecule has 6 nitrogen and oxygen atoms in total. The lowest BCUT2D eigenvalue weighted by atomic mass is 9.94. The van der Waals surface area contributed by atoms with Gasteiger partial charge in [0.05, 0.1) is 11.8 Å². The van der Waals surface area contributed by atoms with Gasteiger partial charge in [-0.05, 0) is 42.2 Å². The van der Waals surface area contributed by atoms with Gasteiger partial charge in [-0.1, -0.05) is 6.07 Å². The molecule has 6 heteroatoms. The maximum Gasteiger partial charge on any atom is 0.130 e. The van der Waals surface area contributed by atoms with Crippen LogP contribution < -0.4 is 10.5 Å². The summed E-state index contributed by atoms with van der Waals surface area (Å²) in [5.41, 5.74) is 10.5. The fourth-order valence-electron chi connectivity index (χ4n) is 3.26. The topological polar surface area (TPSA) is 76.5 Å².